The lowest BCUT2D eigenvalue weighted by molar-refractivity contribution is 0.156. The van der Waals surface area contributed by atoms with Gasteiger partial charge in [0.2, 0.25) is 5.89 Å². The standard InChI is InChI=1S/C12H22N4O.ClH/c1-2-4-10-5-3-6-16(8-10)9-11-14-12(7-13)17-15-11;/h10H,2-9,13H2,1H3;1H. The van der Waals surface area contributed by atoms with Crippen molar-refractivity contribution in [2.75, 3.05) is 13.1 Å². The molecule has 1 aliphatic rings. The highest BCUT2D eigenvalue weighted by Gasteiger charge is 2.20. The van der Waals surface area contributed by atoms with Gasteiger partial charge in [0.05, 0.1) is 13.1 Å². The van der Waals surface area contributed by atoms with Gasteiger partial charge in [0.1, 0.15) is 0 Å². The molecule has 0 radical (unpaired) electrons. The third-order valence-electron chi connectivity index (χ3n) is 3.35. The van der Waals surface area contributed by atoms with E-state index in [-0.39, 0.29) is 12.4 Å². The minimum Gasteiger partial charge on any atom is -0.338 e. The summed E-state index contributed by atoms with van der Waals surface area (Å²) in [7, 11) is 0. The molecule has 2 heterocycles. The van der Waals surface area contributed by atoms with Gasteiger partial charge >= 0.3 is 0 Å². The molecule has 1 unspecified atom stereocenters. The smallest absolute Gasteiger partial charge is 0.240 e. The zero-order valence-electron chi connectivity index (χ0n) is 11.0. The van der Waals surface area contributed by atoms with Crippen molar-refractivity contribution in [2.24, 2.45) is 11.7 Å². The Bertz CT molecular complexity index is 343. The van der Waals surface area contributed by atoms with Gasteiger partial charge in [0.15, 0.2) is 5.82 Å². The Morgan fingerprint density at radius 2 is 2.33 bits per heavy atom. The summed E-state index contributed by atoms with van der Waals surface area (Å²) in [4.78, 5) is 6.67. The van der Waals surface area contributed by atoms with Crippen molar-refractivity contribution < 1.29 is 4.52 Å². The van der Waals surface area contributed by atoms with Gasteiger partial charge in [-0.1, -0.05) is 18.5 Å². The van der Waals surface area contributed by atoms with E-state index in [4.69, 9.17) is 10.3 Å². The highest BCUT2D eigenvalue weighted by atomic mass is 35.5. The van der Waals surface area contributed by atoms with E-state index in [0.29, 0.717) is 12.4 Å². The van der Waals surface area contributed by atoms with Crippen LogP contribution in [-0.4, -0.2) is 28.1 Å². The Hall–Kier alpha value is -0.650. The summed E-state index contributed by atoms with van der Waals surface area (Å²) in [6.45, 7) is 5.69. The first-order valence-corrected chi connectivity index (χ1v) is 6.55. The van der Waals surface area contributed by atoms with Gasteiger partial charge in [-0.3, -0.25) is 4.90 Å². The number of aromatic nitrogens is 2. The lowest BCUT2D eigenvalue weighted by Crippen LogP contribution is -2.35. The molecule has 1 saturated heterocycles. The molecule has 1 fully saturated rings. The summed E-state index contributed by atoms with van der Waals surface area (Å²) >= 11 is 0. The number of rotatable bonds is 5. The Morgan fingerprint density at radius 1 is 1.50 bits per heavy atom. The van der Waals surface area contributed by atoms with Crippen molar-refractivity contribution in [1.29, 1.82) is 0 Å². The minimum absolute atomic E-state index is 0. The second-order valence-electron chi connectivity index (χ2n) is 4.84. The van der Waals surface area contributed by atoms with Crippen LogP contribution >= 0.6 is 12.4 Å². The van der Waals surface area contributed by atoms with Gasteiger partial charge in [-0.25, -0.2) is 0 Å². The first-order valence-electron chi connectivity index (χ1n) is 6.55. The Balaban J connectivity index is 0.00000162. The molecule has 1 aromatic heterocycles. The van der Waals surface area contributed by atoms with Crippen molar-refractivity contribution in [1.82, 2.24) is 15.0 Å². The first kappa shape index (κ1) is 15.4. The molecule has 18 heavy (non-hydrogen) atoms. The summed E-state index contributed by atoms with van der Waals surface area (Å²) in [5.41, 5.74) is 5.45. The van der Waals surface area contributed by atoms with Crippen LogP contribution in [0.25, 0.3) is 0 Å². The van der Waals surface area contributed by atoms with Gasteiger partial charge < -0.3 is 10.3 Å². The van der Waals surface area contributed by atoms with E-state index in [1.54, 1.807) is 0 Å². The largest absolute Gasteiger partial charge is 0.338 e. The normalized spacial score (nSPS) is 20.7. The van der Waals surface area contributed by atoms with Gasteiger partial charge in [0.25, 0.3) is 0 Å². The van der Waals surface area contributed by atoms with Crippen LogP contribution in [0.15, 0.2) is 4.52 Å². The van der Waals surface area contributed by atoms with Crippen LogP contribution in [0.4, 0.5) is 0 Å². The molecule has 0 spiro atoms. The third-order valence-corrected chi connectivity index (χ3v) is 3.35. The topological polar surface area (TPSA) is 68.2 Å². The fraction of sp³-hybridized carbons (Fsp3) is 0.833. The molecule has 1 atom stereocenters. The summed E-state index contributed by atoms with van der Waals surface area (Å²) in [5.74, 6) is 2.14. The number of hydrogen-bond acceptors (Lipinski definition) is 5. The third kappa shape index (κ3) is 4.23. The fourth-order valence-corrected chi connectivity index (χ4v) is 2.58. The zero-order chi connectivity index (χ0) is 12.1. The average Bonchev–Trinajstić information content (AvgIpc) is 2.78. The molecule has 0 saturated carbocycles. The Labute approximate surface area is 115 Å². The van der Waals surface area contributed by atoms with Crippen molar-refractivity contribution in [3.05, 3.63) is 11.7 Å². The molecule has 104 valence electrons. The Kier molecular flexibility index (Phi) is 6.60. The molecular formula is C12H23ClN4O. The predicted octanol–water partition coefficient (Wildman–Crippen LogP) is 1.96. The van der Waals surface area contributed by atoms with Crippen LogP contribution in [0.3, 0.4) is 0 Å². The van der Waals surface area contributed by atoms with Crippen molar-refractivity contribution in [3.63, 3.8) is 0 Å². The van der Waals surface area contributed by atoms with Gasteiger partial charge in [-0.05, 0) is 31.7 Å². The van der Waals surface area contributed by atoms with Crippen LogP contribution < -0.4 is 5.73 Å². The summed E-state index contributed by atoms with van der Waals surface area (Å²) in [6, 6.07) is 0. The van der Waals surface area contributed by atoms with E-state index in [1.165, 1.54) is 32.2 Å². The second kappa shape index (κ2) is 7.71. The van der Waals surface area contributed by atoms with E-state index >= 15 is 0 Å². The quantitative estimate of drug-likeness (QED) is 0.889. The molecule has 2 rings (SSSR count). The predicted molar refractivity (Wildman–Crippen MR) is 72.3 cm³/mol. The first-order chi connectivity index (χ1) is 8.31. The summed E-state index contributed by atoms with van der Waals surface area (Å²) in [6.07, 6.45) is 5.26. The summed E-state index contributed by atoms with van der Waals surface area (Å²) < 4.78 is 5.02. The van der Waals surface area contributed by atoms with Gasteiger partial charge in [-0.2, -0.15) is 4.98 Å². The molecule has 1 aliphatic heterocycles. The molecule has 0 amide bonds. The van der Waals surface area contributed by atoms with Gasteiger partial charge in [-0.15, -0.1) is 12.4 Å². The highest BCUT2D eigenvalue weighted by molar-refractivity contribution is 5.85. The maximum Gasteiger partial charge on any atom is 0.240 e. The van der Waals surface area contributed by atoms with Crippen LogP contribution in [0, 0.1) is 5.92 Å². The summed E-state index contributed by atoms with van der Waals surface area (Å²) in [5, 5.41) is 3.94. The van der Waals surface area contributed by atoms with E-state index in [0.717, 1.165) is 24.8 Å². The van der Waals surface area contributed by atoms with Crippen LogP contribution in [0.2, 0.25) is 0 Å². The maximum absolute atomic E-state index is 5.45. The van der Waals surface area contributed by atoms with Crippen molar-refractivity contribution in [2.45, 2.75) is 45.7 Å². The van der Waals surface area contributed by atoms with Crippen LogP contribution in [0.1, 0.15) is 44.3 Å². The lowest BCUT2D eigenvalue weighted by atomic mass is 9.94. The monoisotopic (exact) mass is 274 g/mol. The Morgan fingerprint density at radius 3 is 3.00 bits per heavy atom. The number of nitrogens with zero attached hydrogens (tertiary/aromatic N) is 3. The number of nitrogens with two attached hydrogens (primary N) is 1. The van der Waals surface area contributed by atoms with E-state index in [1.807, 2.05) is 0 Å². The highest BCUT2D eigenvalue weighted by Crippen LogP contribution is 2.21. The molecule has 0 aromatic carbocycles. The number of piperidine rings is 1. The minimum atomic E-state index is 0. The second-order valence-corrected chi connectivity index (χ2v) is 4.84. The average molecular weight is 275 g/mol. The molecule has 0 aliphatic carbocycles. The van der Waals surface area contributed by atoms with E-state index in [2.05, 4.69) is 22.0 Å². The van der Waals surface area contributed by atoms with Crippen molar-refractivity contribution >= 4 is 12.4 Å². The van der Waals surface area contributed by atoms with Crippen molar-refractivity contribution in [3.8, 4) is 0 Å². The van der Waals surface area contributed by atoms with Gasteiger partial charge in [0, 0.05) is 6.54 Å². The molecule has 0 bridgehead atoms. The lowest BCUT2D eigenvalue weighted by Gasteiger charge is -2.31. The fourth-order valence-electron chi connectivity index (χ4n) is 2.58. The number of hydrogen-bond donors (Lipinski definition) is 1. The van der Waals surface area contributed by atoms with E-state index < -0.39 is 0 Å². The molecular weight excluding hydrogens is 252 g/mol. The number of likely N-dealkylation sites (tertiary alicyclic amines) is 1. The van der Waals surface area contributed by atoms with E-state index in [9.17, 15) is 0 Å². The maximum atomic E-state index is 5.45. The molecule has 1 aromatic rings. The SMILES string of the molecule is CCCC1CCCN(Cc2noc(CN)n2)C1.Cl. The molecule has 2 N–H and O–H groups in total. The van der Waals surface area contributed by atoms with Crippen LogP contribution in [0.5, 0.6) is 0 Å². The zero-order valence-corrected chi connectivity index (χ0v) is 11.8. The number of halogens is 1. The van der Waals surface area contributed by atoms with Crippen LogP contribution in [-0.2, 0) is 13.1 Å². The molecule has 6 heteroatoms. The molecule has 5 nitrogen and oxygen atoms in total.